The predicted molar refractivity (Wildman–Crippen MR) is 132 cm³/mol. The number of piperidine rings is 1. The molecule has 2 aliphatic rings. The molecule has 1 saturated heterocycles. The molecule has 2 heterocycles. The van der Waals surface area contributed by atoms with E-state index in [1.165, 1.54) is 4.31 Å². The number of cyclic esters (lactones) is 1. The summed E-state index contributed by atoms with van der Waals surface area (Å²) in [5.41, 5.74) is 1.81. The van der Waals surface area contributed by atoms with Crippen molar-refractivity contribution in [2.75, 3.05) is 18.0 Å². The molecule has 1 amide bonds. The van der Waals surface area contributed by atoms with Crippen molar-refractivity contribution >= 4 is 37.7 Å². The van der Waals surface area contributed by atoms with Gasteiger partial charge in [0, 0.05) is 29.2 Å². The van der Waals surface area contributed by atoms with Gasteiger partial charge in [0.25, 0.3) is 0 Å². The third-order valence-electron chi connectivity index (χ3n) is 6.10. The summed E-state index contributed by atoms with van der Waals surface area (Å²) in [5, 5.41) is 0. The molecule has 0 aliphatic carbocycles. The SMILES string of the molecule is O=C1OCc2ccccc2N1C1CCN(S(=O)(=O)c2ccc(Oc3ccc(Br)cc3)cc2)CC1. The molecule has 0 saturated carbocycles. The van der Waals surface area contributed by atoms with Crippen LogP contribution in [-0.4, -0.2) is 37.9 Å². The molecule has 0 spiro atoms. The molecule has 0 N–H and O–H groups in total. The summed E-state index contributed by atoms with van der Waals surface area (Å²) in [5.74, 6) is 1.22. The molecule has 176 valence electrons. The van der Waals surface area contributed by atoms with Crippen molar-refractivity contribution in [2.24, 2.45) is 0 Å². The van der Waals surface area contributed by atoms with Crippen molar-refractivity contribution in [3.63, 3.8) is 0 Å². The van der Waals surface area contributed by atoms with Crippen LogP contribution in [-0.2, 0) is 21.4 Å². The predicted octanol–water partition coefficient (Wildman–Crippen LogP) is 5.55. The molecule has 9 heteroatoms. The number of para-hydroxylation sites is 1. The van der Waals surface area contributed by atoms with Crippen LogP contribution in [0.3, 0.4) is 0 Å². The van der Waals surface area contributed by atoms with Crippen molar-refractivity contribution in [2.45, 2.75) is 30.4 Å². The Balaban J connectivity index is 1.26. The summed E-state index contributed by atoms with van der Waals surface area (Å²) >= 11 is 3.38. The highest BCUT2D eigenvalue weighted by Gasteiger charge is 2.37. The average Bonchev–Trinajstić information content (AvgIpc) is 2.86. The first-order valence-corrected chi connectivity index (χ1v) is 13.2. The maximum absolute atomic E-state index is 13.2. The minimum absolute atomic E-state index is 0.109. The van der Waals surface area contributed by atoms with E-state index in [2.05, 4.69) is 15.9 Å². The van der Waals surface area contributed by atoms with Gasteiger partial charge in [0.05, 0.1) is 10.6 Å². The molecule has 0 radical (unpaired) electrons. The molecule has 2 aliphatic heterocycles. The van der Waals surface area contributed by atoms with Gasteiger partial charge in [-0.05, 0) is 67.4 Å². The van der Waals surface area contributed by atoms with Gasteiger partial charge in [-0.1, -0.05) is 34.1 Å². The normalized spacial score (nSPS) is 17.2. The Morgan fingerprint density at radius 1 is 0.882 bits per heavy atom. The Labute approximate surface area is 207 Å². The third-order valence-corrected chi connectivity index (χ3v) is 8.54. The fourth-order valence-corrected chi connectivity index (χ4v) is 6.06. The quantitative estimate of drug-likeness (QED) is 0.422. The molecule has 7 nitrogen and oxygen atoms in total. The van der Waals surface area contributed by atoms with Crippen LogP contribution in [0.25, 0.3) is 0 Å². The van der Waals surface area contributed by atoms with Crippen molar-refractivity contribution in [1.29, 1.82) is 0 Å². The second kappa shape index (κ2) is 9.40. The Hall–Kier alpha value is -2.88. The zero-order valence-electron chi connectivity index (χ0n) is 18.3. The van der Waals surface area contributed by atoms with E-state index in [0.29, 0.717) is 37.4 Å². The standard InChI is InChI=1S/C25H23BrN2O5S/c26-19-5-7-21(8-6-19)33-22-9-11-23(12-10-22)34(30,31)27-15-13-20(14-16-27)28-24-4-2-1-3-18(24)17-32-25(28)29/h1-12,20H,13-17H2. The minimum atomic E-state index is -3.65. The van der Waals surface area contributed by atoms with E-state index in [1.54, 1.807) is 29.2 Å². The van der Waals surface area contributed by atoms with Crippen LogP contribution in [0.2, 0.25) is 0 Å². The fourth-order valence-electron chi connectivity index (χ4n) is 4.33. The molecule has 5 rings (SSSR count). The van der Waals surface area contributed by atoms with E-state index in [9.17, 15) is 13.2 Å². The number of sulfonamides is 1. The van der Waals surface area contributed by atoms with Gasteiger partial charge in [-0.2, -0.15) is 4.31 Å². The van der Waals surface area contributed by atoms with Crippen molar-refractivity contribution in [3.8, 4) is 11.5 Å². The summed E-state index contributed by atoms with van der Waals surface area (Å²) < 4.78 is 40.0. The number of hydrogen-bond donors (Lipinski definition) is 0. The average molecular weight is 543 g/mol. The molecule has 0 atom stereocenters. The number of nitrogens with zero attached hydrogens (tertiary/aromatic N) is 2. The molecule has 0 bridgehead atoms. The first-order chi connectivity index (χ1) is 16.4. The Morgan fingerprint density at radius 2 is 1.50 bits per heavy atom. The van der Waals surface area contributed by atoms with Crippen molar-refractivity contribution < 1.29 is 22.7 Å². The number of rotatable bonds is 5. The van der Waals surface area contributed by atoms with Crippen LogP contribution in [0.5, 0.6) is 11.5 Å². The molecule has 34 heavy (non-hydrogen) atoms. The lowest BCUT2D eigenvalue weighted by Crippen LogP contribution is -2.50. The molecule has 3 aromatic rings. The summed E-state index contributed by atoms with van der Waals surface area (Å²) in [6, 6.07) is 21.4. The van der Waals surface area contributed by atoms with Crippen LogP contribution < -0.4 is 9.64 Å². The Bertz CT molecular complexity index is 1290. The van der Waals surface area contributed by atoms with E-state index in [0.717, 1.165) is 15.7 Å². The van der Waals surface area contributed by atoms with Crippen LogP contribution in [0, 0.1) is 0 Å². The van der Waals surface area contributed by atoms with Gasteiger partial charge in [-0.15, -0.1) is 0 Å². The maximum Gasteiger partial charge on any atom is 0.414 e. The van der Waals surface area contributed by atoms with E-state index in [1.807, 2.05) is 48.5 Å². The van der Waals surface area contributed by atoms with Crippen molar-refractivity contribution in [1.82, 2.24) is 4.31 Å². The van der Waals surface area contributed by atoms with Crippen LogP contribution >= 0.6 is 15.9 Å². The van der Waals surface area contributed by atoms with Crippen LogP contribution in [0.1, 0.15) is 18.4 Å². The van der Waals surface area contributed by atoms with Gasteiger partial charge in [0.1, 0.15) is 18.1 Å². The number of anilines is 1. The second-order valence-corrected chi connectivity index (χ2v) is 11.1. The molecule has 0 aromatic heterocycles. The molecular weight excluding hydrogens is 520 g/mol. The monoisotopic (exact) mass is 542 g/mol. The number of carbonyl (C=O) groups excluding carboxylic acids is 1. The fraction of sp³-hybridized carbons (Fsp3) is 0.240. The number of ether oxygens (including phenoxy) is 2. The van der Waals surface area contributed by atoms with Gasteiger partial charge in [-0.3, -0.25) is 4.90 Å². The topological polar surface area (TPSA) is 76.2 Å². The van der Waals surface area contributed by atoms with Crippen molar-refractivity contribution in [3.05, 3.63) is 82.8 Å². The summed E-state index contributed by atoms with van der Waals surface area (Å²) in [6.07, 6.45) is 0.697. The largest absolute Gasteiger partial charge is 0.457 e. The second-order valence-electron chi connectivity index (χ2n) is 8.22. The molecule has 1 fully saturated rings. The number of fused-ring (bicyclic) bond motifs is 1. The smallest absolute Gasteiger partial charge is 0.414 e. The summed E-state index contributed by atoms with van der Waals surface area (Å²) in [7, 11) is -3.65. The Morgan fingerprint density at radius 3 is 2.18 bits per heavy atom. The van der Waals surface area contributed by atoms with Crippen LogP contribution in [0.15, 0.2) is 82.2 Å². The number of amides is 1. The first-order valence-electron chi connectivity index (χ1n) is 11.0. The molecule has 0 unspecified atom stereocenters. The van der Waals surface area contributed by atoms with E-state index in [-0.39, 0.29) is 23.6 Å². The zero-order chi connectivity index (χ0) is 23.7. The number of hydrogen-bond acceptors (Lipinski definition) is 5. The molecule has 3 aromatic carbocycles. The number of benzene rings is 3. The first kappa shape index (κ1) is 22.9. The Kier molecular flexibility index (Phi) is 6.33. The molecular formula is C25H23BrN2O5S. The number of carbonyl (C=O) groups is 1. The third kappa shape index (κ3) is 4.55. The lowest BCUT2D eigenvalue weighted by molar-refractivity contribution is 0.136. The van der Waals surface area contributed by atoms with Crippen LogP contribution in [0.4, 0.5) is 10.5 Å². The van der Waals surface area contributed by atoms with E-state index < -0.39 is 10.0 Å². The van der Waals surface area contributed by atoms with Gasteiger partial charge in [0.15, 0.2) is 0 Å². The van der Waals surface area contributed by atoms with Gasteiger partial charge < -0.3 is 9.47 Å². The van der Waals surface area contributed by atoms with Gasteiger partial charge >= 0.3 is 6.09 Å². The minimum Gasteiger partial charge on any atom is -0.457 e. The number of halogens is 1. The van der Waals surface area contributed by atoms with Gasteiger partial charge in [0.2, 0.25) is 10.0 Å². The highest BCUT2D eigenvalue weighted by atomic mass is 79.9. The highest BCUT2D eigenvalue weighted by Crippen LogP contribution is 2.33. The summed E-state index contributed by atoms with van der Waals surface area (Å²) in [6.45, 7) is 0.923. The summed E-state index contributed by atoms with van der Waals surface area (Å²) in [4.78, 5) is 14.4. The lowest BCUT2D eigenvalue weighted by atomic mass is 10.0. The van der Waals surface area contributed by atoms with E-state index >= 15 is 0 Å². The van der Waals surface area contributed by atoms with Gasteiger partial charge in [-0.25, -0.2) is 13.2 Å². The maximum atomic E-state index is 13.2. The van der Waals surface area contributed by atoms with E-state index in [4.69, 9.17) is 9.47 Å². The highest BCUT2D eigenvalue weighted by molar-refractivity contribution is 9.10. The lowest BCUT2D eigenvalue weighted by Gasteiger charge is -2.39. The zero-order valence-corrected chi connectivity index (χ0v) is 20.7.